The average molecular weight is 423 g/mol. The molecule has 2 aromatic heterocycles. The van der Waals surface area contributed by atoms with Crippen LogP contribution in [-0.2, 0) is 6.42 Å². The van der Waals surface area contributed by atoms with Crippen LogP contribution in [0.25, 0.3) is 11.0 Å². The lowest BCUT2D eigenvalue weighted by Gasteiger charge is -2.28. The molecule has 3 aromatic rings. The van der Waals surface area contributed by atoms with Crippen molar-refractivity contribution in [1.82, 2.24) is 0 Å². The molecule has 1 aliphatic rings. The van der Waals surface area contributed by atoms with E-state index in [4.69, 9.17) is 18.3 Å². The third-order valence-corrected chi connectivity index (χ3v) is 6.47. The Morgan fingerprint density at radius 2 is 2.10 bits per heavy atom. The number of fused-ring (bicyclic) bond motifs is 3. The second-order valence-corrected chi connectivity index (χ2v) is 8.81. The van der Waals surface area contributed by atoms with Crippen LogP contribution in [-0.4, -0.2) is 12.7 Å². The Kier molecular flexibility index (Phi) is 5.69. The molecule has 5 heteroatoms. The molecule has 31 heavy (non-hydrogen) atoms. The summed E-state index contributed by atoms with van der Waals surface area (Å²) in [6, 6.07) is 7.58. The number of benzene rings is 1. The SMILES string of the molecule is COc1ccc2c3c(c(=O)oc2c1)[C@H](C)[C@@](C)(CC/C=C(\C)CCc1cc(C)co1)O3. The Balaban J connectivity index is 1.48. The first-order valence-corrected chi connectivity index (χ1v) is 10.8. The Bertz CT molecular complexity index is 1180. The maximum Gasteiger partial charge on any atom is 0.343 e. The molecule has 1 aromatic carbocycles. The molecule has 0 unspecified atom stereocenters. The van der Waals surface area contributed by atoms with E-state index in [1.165, 1.54) is 5.57 Å². The van der Waals surface area contributed by atoms with Crippen LogP contribution >= 0.6 is 0 Å². The van der Waals surface area contributed by atoms with Crippen molar-refractivity contribution >= 4 is 11.0 Å². The fraction of sp³-hybridized carbons (Fsp3) is 0.423. The van der Waals surface area contributed by atoms with Crippen molar-refractivity contribution in [1.29, 1.82) is 0 Å². The maximum atomic E-state index is 12.7. The van der Waals surface area contributed by atoms with Gasteiger partial charge in [-0.25, -0.2) is 4.79 Å². The molecule has 164 valence electrons. The number of hydrogen-bond donors (Lipinski definition) is 0. The highest BCUT2D eigenvalue weighted by Crippen LogP contribution is 2.48. The summed E-state index contributed by atoms with van der Waals surface area (Å²) in [7, 11) is 1.59. The highest BCUT2D eigenvalue weighted by molar-refractivity contribution is 5.86. The van der Waals surface area contributed by atoms with Gasteiger partial charge in [0, 0.05) is 18.4 Å². The molecule has 0 N–H and O–H groups in total. The summed E-state index contributed by atoms with van der Waals surface area (Å²) in [6.45, 7) is 8.33. The summed E-state index contributed by atoms with van der Waals surface area (Å²) in [6.07, 6.45) is 7.64. The zero-order chi connectivity index (χ0) is 22.2. The molecular weight excluding hydrogens is 392 g/mol. The van der Waals surface area contributed by atoms with Crippen LogP contribution in [0.2, 0.25) is 0 Å². The van der Waals surface area contributed by atoms with Gasteiger partial charge < -0.3 is 18.3 Å². The minimum absolute atomic E-state index is 0.0509. The molecule has 5 nitrogen and oxygen atoms in total. The zero-order valence-electron chi connectivity index (χ0n) is 18.9. The largest absolute Gasteiger partial charge is 0.497 e. The van der Waals surface area contributed by atoms with Crippen molar-refractivity contribution in [2.45, 2.75) is 64.9 Å². The maximum absolute atomic E-state index is 12.7. The first kappa shape index (κ1) is 21.3. The molecule has 0 saturated carbocycles. The number of aryl methyl sites for hydroxylation is 2. The summed E-state index contributed by atoms with van der Waals surface area (Å²) >= 11 is 0. The zero-order valence-corrected chi connectivity index (χ0v) is 18.9. The molecule has 0 bridgehead atoms. The van der Waals surface area contributed by atoms with E-state index in [1.54, 1.807) is 19.4 Å². The Hall–Kier alpha value is -2.95. The van der Waals surface area contributed by atoms with Gasteiger partial charge in [-0.1, -0.05) is 18.6 Å². The fourth-order valence-electron chi connectivity index (χ4n) is 4.32. The number of hydrogen-bond acceptors (Lipinski definition) is 5. The first-order chi connectivity index (χ1) is 14.8. The van der Waals surface area contributed by atoms with Crippen LogP contribution < -0.4 is 15.1 Å². The van der Waals surface area contributed by atoms with Crippen LogP contribution in [0.4, 0.5) is 0 Å². The second-order valence-electron chi connectivity index (χ2n) is 8.81. The van der Waals surface area contributed by atoms with E-state index >= 15 is 0 Å². The molecule has 2 atom stereocenters. The summed E-state index contributed by atoms with van der Waals surface area (Å²) in [5.41, 5.74) is 2.83. The van der Waals surface area contributed by atoms with Gasteiger partial charge in [0.2, 0.25) is 0 Å². The quantitative estimate of drug-likeness (QED) is 0.329. The average Bonchev–Trinajstić information content (AvgIpc) is 3.27. The highest BCUT2D eigenvalue weighted by Gasteiger charge is 2.44. The van der Waals surface area contributed by atoms with Crippen LogP contribution in [0.5, 0.6) is 11.5 Å². The molecular formula is C26H30O5. The molecule has 0 radical (unpaired) electrons. The molecule has 1 aliphatic heterocycles. The molecule has 0 aliphatic carbocycles. The van der Waals surface area contributed by atoms with Gasteiger partial charge in [-0.05, 0) is 63.8 Å². The number of furan rings is 1. The fourth-order valence-corrected chi connectivity index (χ4v) is 4.32. The van der Waals surface area contributed by atoms with E-state index in [2.05, 4.69) is 26.0 Å². The van der Waals surface area contributed by atoms with Gasteiger partial charge in [0.25, 0.3) is 0 Å². The minimum Gasteiger partial charge on any atom is -0.497 e. The Morgan fingerprint density at radius 3 is 2.81 bits per heavy atom. The highest BCUT2D eigenvalue weighted by atomic mass is 16.5. The Morgan fingerprint density at radius 1 is 1.29 bits per heavy atom. The Labute approximate surface area is 182 Å². The van der Waals surface area contributed by atoms with E-state index in [9.17, 15) is 4.79 Å². The van der Waals surface area contributed by atoms with Gasteiger partial charge in [-0.15, -0.1) is 0 Å². The van der Waals surface area contributed by atoms with Crippen LogP contribution in [0, 0.1) is 6.92 Å². The van der Waals surface area contributed by atoms with Crippen molar-refractivity contribution in [2.75, 3.05) is 7.11 Å². The van der Waals surface area contributed by atoms with Crippen molar-refractivity contribution < 1.29 is 18.3 Å². The number of rotatable bonds is 7. The predicted molar refractivity (Wildman–Crippen MR) is 121 cm³/mol. The van der Waals surface area contributed by atoms with Gasteiger partial charge in [-0.2, -0.15) is 0 Å². The lowest BCUT2D eigenvalue weighted by atomic mass is 9.84. The minimum atomic E-state index is -0.458. The van der Waals surface area contributed by atoms with E-state index in [1.807, 2.05) is 26.0 Å². The standard InChI is InChI=1S/C26H30O5/c1-16(8-9-20-13-17(2)15-29-20)7-6-12-26(4)18(3)23-24(31-26)21-11-10-19(28-5)14-22(21)30-25(23)27/h7,10-11,13-15,18H,6,8-9,12H2,1-5H3/b16-7+/t18-,26+/m0/s1. The van der Waals surface area contributed by atoms with Gasteiger partial charge in [0.1, 0.15) is 28.4 Å². The molecule has 3 heterocycles. The van der Waals surface area contributed by atoms with Crippen molar-refractivity contribution in [3.8, 4) is 11.5 Å². The second kappa shape index (κ2) is 8.29. The van der Waals surface area contributed by atoms with Crippen LogP contribution in [0.1, 0.15) is 62.8 Å². The van der Waals surface area contributed by atoms with Crippen LogP contribution in [0.3, 0.4) is 0 Å². The summed E-state index contributed by atoms with van der Waals surface area (Å²) < 4.78 is 22.8. The first-order valence-electron chi connectivity index (χ1n) is 10.8. The normalized spacial score (nSPS) is 20.7. The van der Waals surface area contributed by atoms with Gasteiger partial charge in [0.15, 0.2) is 0 Å². The molecule has 4 rings (SSSR count). The van der Waals surface area contributed by atoms with E-state index in [0.717, 1.165) is 42.4 Å². The summed E-state index contributed by atoms with van der Waals surface area (Å²) in [5.74, 6) is 2.27. The number of methoxy groups -OCH3 is 1. The number of ether oxygens (including phenoxy) is 2. The van der Waals surface area contributed by atoms with Crippen molar-refractivity contribution in [3.63, 3.8) is 0 Å². The van der Waals surface area contributed by atoms with Crippen molar-refractivity contribution in [2.24, 2.45) is 0 Å². The lowest BCUT2D eigenvalue weighted by molar-refractivity contribution is 0.0862. The molecule has 0 spiro atoms. The summed E-state index contributed by atoms with van der Waals surface area (Å²) in [4.78, 5) is 12.7. The van der Waals surface area contributed by atoms with E-state index in [-0.39, 0.29) is 11.5 Å². The van der Waals surface area contributed by atoms with Gasteiger partial charge in [0.05, 0.1) is 24.3 Å². The van der Waals surface area contributed by atoms with E-state index < -0.39 is 5.60 Å². The lowest BCUT2D eigenvalue weighted by Crippen LogP contribution is -2.33. The number of allylic oxidation sites excluding steroid dienone is 2. The monoisotopic (exact) mass is 422 g/mol. The third-order valence-electron chi connectivity index (χ3n) is 6.47. The molecule has 0 amide bonds. The molecule has 0 fully saturated rings. The third kappa shape index (κ3) is 4.14. The van der Waals surface area contributed by atoms with Gasteiger partial charge >= 0.3 is 5.63 Å². The van der Waals surface area contributed by atoms with Crippen LogP contribution in [0.15, 0.2) is 55.8 Å². The molecule has 0 saturated heterocycles. The summed E-state index contributed by atoms with van der Waals surface area (Å²) in [5, 5.41) is 0.812. The van der Waals surface area contributed by atoms with Gasteiger partial charge in [-0.3, -0.25) is 0 Å². The predicted octanol–water partition coefficient (Wildman–Crippen LogP) is 6.32. The van der Waals surface area contributed by atoms with Crippen molar-refractivity contribution in [3.05, 3.63) is 69.5 Å². The topological polar surface area (TPSA) is 61.8 Å². The smallest absolute Gasteiger partial charge is 0.343 e. The van der Waals surface area contributed by atoms with E-state index in [0.29, 0.717) is 22.6 Å².